The average molecular weight is 444 g/mol. The van der Waals surface area contributed by atoms with E-state index < -0.39 is 11.7 Å². The van der Waals surface area contributed by atoms with E-state index in [-0.39, 0.29) is 29.1 Å². The van der Waals surface area contributed by atoms with Crippen molar-refractivity contribution >= 4 is 17.6 Å². The first kappa shape index (κ1) is 22.2. The molecule has 0 aromatic heterocycles. The summed E-state index contributed by atoms with van der Waals surface area (Å²) >= 11 is 0. The number of ketones is 1. The fourth-order valence-corrected chi connectivity index (χ4v) is 4.40. The summed E-state index contributed by atoms with van der Waals surface area (Å²) in [5, 5.41) is 0. The van der Waals surface area contributed by atoms with Crippen LogP contribution in [0.1, 0.15) is 55.9 Å². The number of Topliss-reactive ketones (excluding diaryl/α,β-unsaturated/α-hetero) is 1. The van der Waals surface area contributed by atoms with Gasteiger partial charge in [-0.05, 0) is 63.2 Å². The number of benzene rings is 2. The molecular weight excluding hydrogens is 421 g/mol. The number of hydrogen-bond donors (Lipinski definition) is 0. The van der Waals surface area contributed by atoms with Crippen LogP contribution in [0.15, 0.2) is 48.5 Å². The van der Waals surface area contributed by atoms with E-state index in [4.69, 9.17) is 0 Å². The van der Waals surface area contributed by atoms with Gasteiger partial charge in [0.2, 0.25) is 0 Å². The second-order valence-corrected chi connectivity index (χ2v) is 8.22. The summed E-state index contributed by atoms with van der Waals surface area (Å²) in [7, 11) is 0. The SMILES string of the molecule is O=C(c1cccc(C(F)(F)F)c1)C1CCN(CCCN2C(=O)c3ccccc3C2=O)CC1. The lowest BCUT2D eigenvalue weighted by atomic mass is 9.88. The Morgan fingerprint density at radius 3 is 2.12 bits per heavy atom. The van der Waals surface area contributed by atoms with Crippen LogP contribution in [0.5, 0.6) is 0 Å². The van der Waals surface area contributed by atoms with Gasteiger partial charge in [0.25, 0.3) is 11.8 Å². The van der Waals surface area contributed by atoms with Crippen molar-refractivity contribution in [2.24, 2.45) is 5.92 Å². The summed E-state index contributed by atoms with van der Waals surface area (Å²) < 4.78 is 38.8. The van der Waals surface area contributed by atoms with Crippen molar-refractivity contribution in [3.8, 4) is 0 Å². The molecule has 2 aliphatic heterocycles. The standard InChI is InChI=1S/C24H23F3N2O3/c25-24(26,27)18-6-3-5-17(15-18)21(30)16-9-13-28(14-10-16)11-4-12-29-22(31)19-7-1-2-8-20(19)23(29)32/h1-3,5-8,15-16H,4,9-14H2. The minimum atomic E-state index is -4.47. The van der Waals surface area contributed by atoms with Crippen molar-refractivity contribution < 1.29 is 27.6 Å². The molecule has 32 heavy (non-hydrogen) atoms. The first-order chi connectivity index (χ1) is 15.3. The summed E-state index contributed by atoms with van der Waals surface area (Å²) in [5.74, 6) is -1.08. The molecule has 0 N–H and O–H groups in total. The summed E-state index contributed by atoms with van der Waals surface area (Å²) in [6.45, 7) is 2.31. The van der Waals surface area contributed by atoms with Gasteiger partial charge in [-0.25, -0.2) is 0 Å². The molecule has 0 spiro atoms. The summed E-state index contributed by atoms with van der Waals surface area (Å²) in [4.78, 5) is 40.9. The molecule has 0 bridgehead atoms. The number of alkyl halides is 3. The van der Waals surface area contributed by atoms with Gasteiger partial charge in [-0.15, -0.1) is 0 Å². The Morgan fingerprint density at radius 2 is 1.53 bits per heavy atom. The number of carbonyl (C=O) groups is 3. The molecule has 2 heterocycles. The van der Waals surface area contributed by atoms with Crippen molar-refractivity contribution in [2.75, 3.05) is 26.2 Å². The Balaban J connectivity index is 1.26. The molecule has 0 saturated carbocycles. The highest BCUT2D eigenvalue weighted by Gasteiger charge is 2.35. The van der Waals surface area contributed by atoms with E-state index in [0.29, 0.717) is 56.6 Å². The number of fused-ring (bicyclic) bond motifs is 1. The van der Waals surface area contributed by atoms with E-state index in [0.717, 1.165) is 12.1 Å². The Kier molecular flexibility index (Phi) is 6.15. The number of piperidine rings is 1. The third-order valence-corrected chi connectivity index (χ3v) is 6.17. The van der Waals surface area contributed by atoms with Gasteiger partial charge in [-0.2, -0.15) is 13.2 Å². The van der Waals surface area contributed by atoms with E-state index in [2.05, 4.69) is 4.90 Å². The predicted octanol–water partition coefficient (Wildman–Crippen LogP) is 4.29. The third-order valence-electron chi connectivity index (χ3n) is 6.17. The number of likely N-dealkylation sites (tertiary alicyclic amines) is 1. The van der Waals surface area contributed by atoms with Crippen LogP contribution in [0, 0.1) is 5.92 Å². The van der Waals surface area contributed by atoms with E-state index >= 15 is 0 Å². The molecule has 0 unspecified atom stereocenters. The van der Waals surface area contributed by atoms with Crippen molar-refractivity contribution in [2.45, 2.75) is 25.4 Å². The second-order valence-electron chi connectivity index (χ2n) is 8.22. The molecule has 2 aromatic rings. The van der Waals surface area contributed by atoms with Crippen LogP contribution >= 0.6 is 0 Å². The second kappa shape index (κ2) is 8.86. The van der Waals surface area contributed by atoms with Crippen LogP contribution in [-0.4, -0.2) is 53.6 Å². The van der Waals surface area contributed by atoms with Gasteiger partial charge in [-0.1, -0.05) is 24.3 Å². The first-order valence-corrected chi connectivity index (χ1v) is 10.6. The molecule has 1 saturated heterocycles. The number of hydrogen-bond acceptors (Lipinski definition) is 4. The normalized spacial score (nSPS) is 17.7. The maximum absolute atomic E-state index is 12.9. The highest BCUT2D eigenvalue weighted by atomic mass is 19.4. The smallest absolute Gasteiger partial charge is 0.303 e. The van der Waals surface area contributed by atoms with Crippen molar-refractivity contribution in [3.63, 3.8) is 0 Å². The van der Waals surface area contributed by atoms with Crippen LogP contribution < -0.4 is 0 Å². The minimum absolute atomic E-state index is 0.101. The van der Waals surface area contributed by atoms with Crippen LogP contribution in [-0.2, 0) is 6.18 Å². The van der Waals surface area contributed by atoms with Crippen LogP contribution in [0.2, 0.25) is 0 Å². The number of nitrogens with zero attached hydrogens (tertiary/aromatic N) is 2. The van der Waals surface area contributed by atoms with Gasteiger partial charge in [-0.3, -0.25) is 19.3 Å². The zero-order chi connectivity index (χ0) is 22.9. The van der Waals surface area contributed by atoms with E-state index in [9.17, 15) is 27.6 Å². The highest BCUT2D eigenvalue weighted by molar-refractivity contribution is 6.21. The summed E-state index contributed by atoms with van der Waals surface area (Å²) in [6, 6.07) is 11.4. The molecular formula is C24H23F3N2O3. The maximum atomic E-state index is 12.9. The van der Waals surface area contributed by atoms with Gasteiger partial charge in [0, 0.05) is 18.0 Å². The average Bonchev–Trinajstić information content (AvgIpc) is 3.04. The Hall–Kier alpha value is -3.00. The van der Waals surface area contributed by atoms with Gasteiger partial charge in [0.05, 0.1) is 16.7 Å². The molecule has 2 aliphatic rings. The Morgan fingerprint density at radius 1 is 0.906 bits per heavy atom. The van der Waals surface area contributed by atoms with Crippen LogP contribution in [0.3, 0.4) is 0 Å². The number of imide groups is 1. The van der Waals surface area contributed by atoms with E-state index in [1.54, 1.807) is 24.3 Å². The zero-order valence-corrected chi connectivity index (χ0v) is 17.4. The molecule has 2 amide bonds. The lowest BCUT2D eigenvalue weighted by molar-refractivity contribution is -0.137. The summed E-state index contributed by atoms with van der Waals surface area (Å²) in [6.07, 6.45) is -2.71. The topological polar surface area (TPSA) is 57.7 Å². The lowest BCUT2D eigenvalue weighted by Gasteiger charge is -2.31. The number of amides is 2. The molecule has 1 fully saturated rings. The van der Waals surface area contributed by atoms with E-state index in [1.165, 1.54) is 17.0 Å². The highest BCUT2D eigenvalue weighted by Crippen LogP contribution is 2.31. The number of halogens is 3. The van der Waals surface area contributed by atoms with Crippen molar-refractivity contribution in [1.29, 1.82) is 0 Å². The van der Waals surface area contributed by atoms with Crippen molar-refractivity contribution in [1.82, 2.24) is 9.80 Å². The monoisotopic (exact) mass is 444 g/mol. The van der Waals surface area contributed by atoms with Gasteiger partial charge >= 0.3 is 6.18 Å². The number of rotatable bonds is 6. The summed E-state index contributed by atoms with van der Waals surface area (Å²) in [5.41, 5.74) is 0.163. The van der Waals surface area contributed by atoms with Crippen molar-refractivity contribution in [3.05, 3.63) is 70.8 Å². The third kappa shape index (κ3) is 4.46. The number of carbonyl (C=O) groups excluding carboxylic acids is 3. The molecule has 0 radical (unpaired) electrons. The van der Waals surface area contributed by atoms with Gasteiger partial charge in [0.1, 0.15) is 0 Å². The molecule has 5 nitrogen and oxygen atoms in total. The zero-order valence-electron chi connectivity index (χ0n) is 17.4. The molecule has 168 valence electrons. The van der Waals surface area contributed by atoms with Gasteiger partial charge in [0.15, 0.2) is 5.78 Å². The Labute approximate surface area is 183 Å². The molecule has 2 aromatic carbocycles. The lowest BCUT2D eigenvalue weighted by Crippen LogP contribution is -2.38. The van der Waals surface area contributed by atoms with E-state index in [1.807, 2.05) is 0 Å². The molecule has 0 aliphatic carbocycles. The van der Waals surface area contributed by atoms with Gasteiger partial charge < -0.3 is 4.90 Å². The van der Waals surface area contributed by atoms with Crippen LogP contribution in [0.25, 0.3) is 0 Å². The maximum Gasteiger partial charge on any atom is 0.416 e. The molecule has 4 rings (SSSR count). The minimum Gasteiger partial charge on any atom is -0.303 e. The fourth-order valence-electron chi connectivity index (χ4n) is 4.40. The molecule has 0 atom stereocenters. The predicted molar refractivity (Wildman–Crippen MR) is 111 cm³/mol. The largest absolute Gasteiger partial charge is 0.416 e. The van der Waals surface area contributed by atoms with Crippen LogP contribution in [0.4, 0.5) is 13.2 Å². The quantitative estimate of drug-likeness (QED) is 0.493. The Bertz CT molecular complexity index is 1010. The first-order valence-electron chi connectivity index (χ1n) is 10.6. The fraction of sp³-hybridized carbons (Fsp3) is 0.375. The molecule has 8 heteroatoms.